The number of nitrogen functional groups attached to an aromatic ring is 1. The van der Waals surface area contributed by atoms with Gasteiger partial charge in [0.2, 0.25) is 5.91 Å². The Labute approximate surface area is 124 Å². The Kier molecular flexibility index (Phi) is 3.88. The van der Waals surface area contributed by atoms with Crippen molar-refractivity contribution < 1.29 is 4.79 Å². The van der Waals surface area contributed by atoms with E-state index in [0.717, 1.165) is 41.9 Å². The molecule has 1 atom stereocenters. The minimum Gasteiger partial charge on any atom is -0.399 e. The zero-order valence-corrected chi connectivity index (χ0v) is 11.8. The molecule has 0 spiro atoms. The molecule has 2 aromatic carbocycles. The van der Waals surface area contributed by atoms with E-state index in [0.29, 0.717) is 0 Å². The Hall–Kier alpha value is -2.33. The van der Waals surface area contributed by atoms with Gasteiger partial charge in [0.25, 0.3) is 0 Å². The van der Waals surface area contributed by atoms with Gasteiger partial charge >= 0.3 is 0 Å². The molecule has 1 aliphatic rings. The van der Waals surface area contributed by atoms with E-state index in [-0.39, 0.29) is 11.9 Å². The molecular weight excluding hydrogens is 262 g/mol. The second-order valence-corrected chi connectivity index (χ2v) is 5.34. The van der Waals surface area contributed by atoms with Gasteiger partial charge in [0.05, 0.1) is 6.04 Å². The lowest BCUT2D eigenvalue weighted by Gasteiger charge is -2.12. The number of carbonyl (C=O) groups is 1. The van der Waals surface area contributed by atoms with Gasteiger partial charge in [0, 0.05) is 11.4 Å². The van der Waals surface area contributed by atoms with Gasteiger partial charge in [-0.3, -0.25) is 4.79 Å². The number of hydrogen-bond acceptors (Lipinski definition) is 3. The van der Waals surface area contributed by atoms with Gasteiger partial charge in [-0.25, -0.2) is 0 Å². The van der Waals surface area contributed by atoms with E-state index in [1.807, 2.05) is 48.5 Å². The number of carbonyl (C=O) groups excluding carboxylic acids is 1. The van der Waals surface area contributed by atoms with Gasteiger partial charge in [-0.2, -0.15) is 0 Å². The predicted molar refractivity (Wildman–Crippen MR) is 85.9 cm³/mol. The molecule has 4 nitrogen and oxygen atoms in total. The number of rotatable bonds is 3. The van der Waals surface area contributed by atoms with E-state index in [4.69, 9.17) is 5.73 Å². The van der Waals surface area contributed by atoms with E-state index >= 15 is 0 Å². The highest BCUT2D eigenvalue weighted by atomic mass is 16.2. The summed E-state index contributed by atoms with van der Waals surface area (Å²) < 4.78 is 0. The van der Waals surface area contributed by atoms with Crippen LogP contribution in [0.25, 0.3) is 11.1 Å². The topological polar surface area (TPSA) is 67.1 Å². The van der Waals surface area contributed by atoms with Crippen LogP contribution in [0.1, 0.15) is 12.8 Å². The molecule has 1 aliphatic heterocycles. The minimum absolute atomic E-state index is 0.0435. The summed E-state index contributed by atoms with van der Waals surface area (Å²) in [5.41, 5.74) is 9.42. The molecule has 0 aliphatic carbocycles. The third-order valence-electron chi connectivity index (χ3n) is 3.75. The van der Waals surface area contributed by atoms with Crippen molar-refractivity contribution in [1.29, 1.82) is 0 Å². The van der Waals surface area contributed by atoms with E-state index < -0.39 is 0 Å². The van der Waals surface area contributed by atoms with Gasteiger partial charge in [-0.15, -0.1) is 0 Å². The normalized spacial score (nSPS) is 17.6. The van der Waals surface area contributed by atoms with Crippen molar-refractivity contribution in [2.75, 3.05) is 17.6 Å². The van der Waals surface area contributed by atoms with Crippen LogP contribution in [0.5, 0.6) is 0 Å². The van der Waals surface area contributed by atoms with Crippen molar-refractivity contribution in [3.05, 3.63) is 48.5 Å². The molecule has 2 aromatic rings. The number of amides is 1. The maximum Gasteiger partial charge on any atom is 0.241 e. The fraction of sp³-hybridized carbons (Fsp3) is 0.235. The second-order valence-electron chi connectivity index (χ2n) is 5.34. The first-order valence-electron chi connectivity index (χ1n) is 7.22. The first-order chi connectivity index (χ1) is 10.2. The molecule has 4 heteroatoms. The van der Waals surface area contributed by atoms with E-state index in [2.05, 4.69) is 10.6 Å². The zero-order valence-electron chi connectivity index (χ0n) is 11.8. The Morgan fingerprint density at radius 1 is 1.14 bits per heavy atom. The van der Waals surface area contributed by atoms with Crippen molar-refractivity contribution in [2.24, 2.45) is 0 Å². The summed E-state index contributed by atoms with van der Waals surface area (Å²) in [6, 6.07) is 15.5. The second kappa shape index (κ2) is 5.97. The molecule has 108 valence electrons. The third kappa shape index (κ3) is 3.23. The monoisotopic (exact) mass is 281 g/mol. The lowest BCUT2D eigenvalue weighted by Crippen LogP contribution is -2.35. The maximum atomic E-state index is 12.1. The molecule has 3 rings (SSSR count). The number of benzene rings is 2. The average molecular weight is 281 g/mol. The van der Waals surface area contributed by atoms with Gasteiger partial charge in [-0.1, -0.05) is 24.3 Å². The molecular formula is C17H19N3O. The van der Waals surface area contributed by atoms with Crippen LogP contribution in [0.2, 0.25) is 0 Å². The van der Waals surface area contributed by atoms with Crippen LogP contribution in [0.15, 0.2) is 48.5 Å². The Balaban J connectivity index is 1.76. The number of nitrogens with one attached hydrogen (secondary N) is 2. The summed E-state index contributed by atoms with van der Waals surface area (Å²) in [4.78, 5) is 12.1. The molecule has 0 radical (unpaired) electrons. The largest absolute Gasteiger partial charge is 0.399 e. The van der Waals surface area contributed by atoms with Crippen LogP contribution >= 0.6 is 0 Å². The molecule has 1 amide bonds. The molecule has 4 N–H and O–H groups in total. The summed E-state index contributed by atoms with van der Waals surface area (Å²) in [7, 11) is 0. The SMILES string of the molecule is Nc1ccc(-c2cccc(NC(=O)C3CCCN3)c2)cc1. The summed E-state index contributed by atoms with van der Waals surface area (Å²) in [6.45, 7) is 0.920. The number of nitrogens with two attached hydrogens (primary N) is 1. The van der Waals surface area contributed by atoms with Crippen molar-refractivity contribution in [1.82, 2.24) is 5.32 Å². The van der Waals surface area contributed by atoms with Crippen molar-refractivity contribution >= 4 is 17.3 Å². The minimum atomic E-state index is -0.0646. The third-order valence-corrected chi connectivity index (χ3v) is 3.75. The molecule has 21 heavy (non-hydrogen) atoms. The van der Waals surface area contributed by atoms with E-state index in [1.165, 1.54) is 0 Å². The standard InChI is InChI=1S/C17H19N3O/c18-14-8-6-12(7-9-14)13-3-1-4-15(11-13)20-17(21)16-5-2-10-19-16/h1,3-4,6-9,11,16,19H,2,5,10,18H2,(H,20,21). The quantitative estimate of drug-likeness (QED) is 0.758. The van der Waals surface area contributed by atoms with E-state index in [9.17, 15) is 4.79 Å². The Morgan fingerprint density at radius 3 is 2.67 bits per heavy atom. The van der Waals surface area contributed by atoms with Crippen molar-refractivity contribution in [3.8, 4) is 11.1 Å². The Bertz CT molecular complexity index is 631. The van der Waals surface area contributed by atoms with Crippen molar-refractivity contribution in [2.45, 2.75) is 18.9 Å². The van der Waals surface area contributed by atoms with Crippen LogP contribution in [-0.4, -0.2) is 18.5 Å². The summed E-state index contributed by atoms with van der Waals surface area (Å²) in [5.74, 6) is 0.0435. The predicted octanol–water partition coefficient (Wildman–Crippen LogP) is 2.63. The van der Waals surface area contributed by atoms with Gasteiger partial charge < -0.3 is 16.4 Å². The fourth-order valence-electron chi connectivity index (χ4n) is 2.59. The zero-order chi connectivity index (χ0) is 14.7. The molecule has 0 aromatic heterocycles. The molecule has 0 saturated carbocycles. The fourth-order valence-corrected chi connectivity index (χ4v) is 2.59. The first kappa shape index (κ1) is 13.6. The van der Waals surface area contributed by atoms with E-state index in [1.54, 1.807) is 0 Å². The lowest BCUT2D eigenvalue weighted by molar-refractivity contribution is -0.117. The molecule has 1 unspecified atom stereocenters. The smallest absolute Gasteiger partial charge is 0.241 e. The summed E-state index contributed by atoms with van der Waals surface area (Å²) in [5, 5.41) is 6.18. The van der Waals surface area contributed by atoms with Gasteiger partial charge in [-0.05, 0) is 54.8 Å². The highest BCUT2D eigenvalue weighted by molar-refractivity contribution is 5.95. The number of anilines is 2. The van der Waals surface area contributed by atoms with Crippen molar-refractivity contribution in [3.63, 3.8) is 0 Å². The maximum absolute atomic E-state index is 12.1. The van der Waals surface area contributed by atoms with Crippen LogP contribution in [0, 0.1) is 0 Å². The lowest BCUT2D eigenvalue weighted by atomic mass is 10.0. The number of hydrogen-bond donors (Lipinski definition) is 3. The highest BCUT2D eigenvalue weighted by Crippen LogP contribution is 2.23. The highest BCUT2D eigenvalue weighted by Gasteiger charge is 2.21. The summed E-state index contributed by atoms with van der Waals surface area (Å²) in [6.07, 6.45) is 1.97. The van der Waals surface area contributed by atoms with Crippen LogP contribution in [-0.2, 0) is 4.79 Å². The first-order valence-corrected chi connectivity index (χ1v) is 7.22. The molecule has 1 saturated heterocycles. The Morgan fingerprint density at radius 2 is 1.95 bits per heavy atom. The molecule has 0 bridgehead atoms. The van der Waals surface area contributed by atoms with Crippen LogP contribution in [0.4, 0.5) is 11.4 Å². The molecule has 1 heterocycles. The summed E-state index contributed by atoms with van der Waals surface area (Å²) >= 11 is 0. The van der Waals surface area contributed by atoms with Crippen LogP contribution in [0.3, 0.4) is 0 Å². The van der Waals surface area contributed by atoms with Crippen LogP contribution < -0.4 is 16.4 Å². The van der Waals surface area contributed by atoms with Gasteiger partial charge in [0.1, 0.15) is 0 Å². The average Bonchev–Trinajstić information content (AvgIpc) is 3.02. The molecule has 1 fully saturated rings. The van der Waals surface area contributed by atoms with Gasteiger partial charge in [0.15, 0.2) is 0 Å².